The summed E-state index contributed by atoms with van der Waals surface area (Å²) in [5.41, 5.74) is -0.265. The fourth-order valence-electron chi connectivity index (χ4n) is 7.19. The number of aliphatic carboxylic acids is 1. The van der Waals surface area contributed by atoms with Crippen LogP contribution in [-0.2, 0) is 9.59 Å². The Bertz CT molecular complexity index is 661. The van der Waals surface area contributed by atoms with E-state index in [1.807, 2.05) is 11.9 Å². The molecule has 25 heavy (non-hydrogen) atoms. The molecule has 5 heteroatoms. The highest BCUT2D eigenvalue weighted by molar-refractivity contribution is 6.32. The zero-order valence-corrected chi connectivity index (χ0v) is 16.1. The lowest BCUT2D eigenvalue weighted by Gasteiger charge is -2.60. The molecule has 0 aromatic heterocycles. The van der Waals surface area contributed by atoms with Crippen molar-refractivity contribution in [1.29, 1.82) is 0 Å². The van der Waals surface area contributed by atoms with Crippen LogP contribution in [0.5, 0.6) is 0 Å². The van der Waals surface area contributed by atoms with E-state index in [9.17, 15) is 14.7 Å². The van der Waals surface area contributed by atoms with E-state index in [1.54, 1.807) is 6.08 Å². The van der Waals surface area contributed by atoms with Crippen LogP contribution in [0.1, 0.15) is 52.4 Å². The lowest BCUT2D eigenvalue weighted by atomic mass is 9.47. The van der Waals surface area contributed by atoms with Gasteiger partial charge in [0.15, 0.2) is 0 Å². The van der Waals surface area contributed by atoms with Gasteiger partial charge in [0.05, 0.1) is 5.92 Å². The number of fused-ring (bicyclic) bond motifs is 5. The summed E-state index contributed by atoms with van der Waals surface area (Å²) >= 11 is 6.69. The average Bonchev–Trinajstić information content (AvgIpc) is 2.90. The van der Waals surface area contributed by atoms with Crippen LogP contribution in [0.25, 0.3) is 0 Å². The lowest BCUT2D eigenvalue weighted by Crippen LogP contribution is -2.60. The van der Waals surface area contributed by atoms with Gasteiger partial charge in [-0.05, 0) is 61.7 Å². The summed E-state index contributed by atoms with van der Waals surface area (Å²) < 4.78 is 0. The molecule has 0 bridgehead atoms. The van der Waals surface area contributed by atoms with Crippen LogP contribution in [-0.4, -0.2) is 35.0 Å². The van der Waals surface area contributed by atoms with Gasteiger partial charge in [-0.25, -0.2) is 0 Å². The molecule has 0 aromatic rings. The zero-order chi connectivity index (χ0) is 18.1. The Morgan fingerprint density at radius 3 is 2.60 bits per heavy atom. The van der Waals surface area contributed by atoms with Gasteiger partial charge >= 0.3 is 5.97 Å². The van der Waals surface area contributed by atoms with Crippen molar-refractivity contribution in [2.75, 3.05) is 7.05 Å². The summed E-state index contributed by atoms with van der Waals surface area (Å²) in [6, 6.07) is 0.166. The highest BCUT2D eigenvalue weighted by Crippen LogP contribution is 2.66. The van der Waals surface area contributed by atoms with Crippen molar-refractivity contribution < 1.29 is 14.7 Å². The predicted octanol–water partition coefficient (Wildman–Crippen LogP) is 3.89. The normalized spacial score (nSPS) is 49.1. The number of likely N-dealkylation sites (N-methyl/N-ethyl adjacent to an activating group) is 1. The van der Waals surface area contributed by atoms with Crippen LogP contribution in [0, 0.1) is 34.5 Å². The molecule has 3 saturated carbocycles. The molecule has 1 N–H and O–H groups in total. The molecular formula is C20H28ClNO3. The van der Waals surface area contributed by atoms with Gasteiger partial charge in [0.2, 0.25) is 5.91 Å². The second-order valence-electron chi connectivity index (χ2n) is 9.21. The molecule has 1 aliphatic heterocycles. The van der Waals surface area contributed by atoms with Gasteiger partial charge in [0, 0.05) is 29.6 Å². The quantitative estimate of drug-likeness (QED) is 0.766. The van der Waals surface area contributed by atoms with Crippen LogP contribution in [0.3, 0.4) is 0 Å². The first-order valence-electron chi connectivity index (χ1n) is 9.58. The number of carbonyl (C=O) groups is 2. The van der Waals surface area contributed by atoms with E-state index in [1.165, 1.54) is 0 Å². The van der Waals surface area contributed by atoms with Crippen LogP contribution in [0.2, 0.25) is 0 Å². The first kappa shape index (κ1) is 17.4. The van der Waals surface area contributed by atoms with E-state index in [0.29, 0.717) is 22.8 Å². The van der Waals surface area contributed by atoms with Crippen LogP contribution < -0.4 is 0 Å². The van der Waals surface area contributed by atoms with Crippen molar-refractivity contribution in [3.63, 3.8) is 0 Å². The molecule has 3 fully saturated rings. The Morgan fingerprint density at radius 2 is 1.92 bits per heavy atom. The minimum atomic E-state index is -0.621. The van der Waals surface area contributed by atoms with Gasteiger partial charge in [-0.1, -0.05) is 25.4 Å². The average molecular weight is 366 g/mol. The van der Waals surface area contributed by atoms with Crippen LogP contribution in [0.4, 0.5) is 0 Å². The topological polar surface area (TPSA) is 57.6 Å². The van der Waals surface area contributed by atoms with E-state index >= 15 is 0 Å². The molecule has 138 valence electrons. The summed E-state index contributed by atoms with van der Waals surface area (Å²) in [6.45, 7) is 4.45. The number of nitrogens with zero attached hydrogens (tertiary/aromatic N) is 1. The number of hydrogen-bond donors (Lipinski definition) is 1. The number of carboxylic acid groups (broad SMARTS) is 1. The van der Waals surface area contributed by atoms with Crippen molar-refractivity contribution in [2.45, 2.75) is 58.4 Å². The van der Waals surface area contributed by atoms with Gasteiger partial charge in [-0.3, -0.25) is 9.59 Å². The molecule has 0 saturated heterocycles. The molecular weight excluding hydrogens is 338 g/mol. The summed E-state index contributed by atoms with van der Waals surface area (Å²) in [7, 11) is 1.90. The van der Waals surface area contributed by atoms with Crippen molar-refractivity contribution >= 4 is 23.5 Å². The highest BCUT2D eigenvalue weighted by Gasteiger charge is 2.63. The van der Waals surface area contributed by atoms with Gasteiger partial charge in [-0.2, -0.15) is 0 Å². The van der Waals surface area contributed by atoms with Gasteiger partial charge in [0.25, 0.3) is 0 Å². The van der Waals surface area contributed by atoms with E-state index < -0.39 is 5.97 Å². The molecule has 2 unspecified atom stereocenters. The second-order valence-corrected chi connectivity index (χ2v) is 9.61. The maximum Gasteiger partial charge on any atom is 0.307 e. The first-order valence-corrected chi connectivity index (χ1v) is 9.96. The third-order valence-corrected chi connectivity index (χ3v) is 9.07. The molecule has 4 rings (SSSR count). The Labute approximate surface area is 154 Å². The molecule has 4 nitrogen and oxygen atoms in total. The third kappa shape index (κ3) is 2.12. The maximum absolute atomic E-state index is 12.2. The Morgan fingerprint density at radius 1 is 1.20 bits per heavy atom. The zero-order valence-electron chi connectivity index (χ0n) is 15.3. The first-order chi connectivity index (χ1) is 11.7. The monoisotopic (exact) mass is 365 g/mol. The second kappa shape index (κ2) is 5.48. The van der Waals surface area contributed by atoms with Crippen molar-refractivity contribution in [3.05, 3.63) is 11.1 Å². The third-order valence-electron chi connectivity index (χ3n) is 8.55. The largest absolute Gasteiger partial charge is 0.481 e. The van der Waals surface area contributed by atoms with Crippen LogP contribution >= 0.6 is 11.6 Å². The minimum absolute atomic E-state index is 0.0124. The van der Waals surface area contributed by atoms with Crippen molar-refractivity contribution in [1.82, 2.24) is 4.90 Å². The fourth-order valence-corrected chi connectivity index (χ4v) is 7.55. The molecule has 0 spiro atoms. The predicted molar refractivity (Wildman–Crippen MR) is 96.0 cm³/mol. The molecule has 4 aliphatic rings. The van der Waals surface area contributed by atoms with Gasteiger partial charge in [0.1, 0.15) is 0 Å². The van der Waals surface area contributed by atoms with Crippen molar-refractivity contribution in [2.24, 2.45) is 34.5 Å². The number of amides is 1. The molecule has 1 heterocycles. The summed E-state index contributed by atoms with van der Waals surface area (Å²) in [5, 5.41) is 10.4. The Kier molecular flexibility index (Phi) is 3.81. The van der Waals surface area contributed by atoms with E-state index in [0.717, 1.165) is 38.5 Å². The van der Waals surface area contributed by atoms with Gasteiger partial charge < -0.3 is 10.0 Å². The minimum Gasteiger partial charge on any atom is -0.481 e. The molecule has 7 atom stereocenters. The smallest absolute Gasteiger partial charge is 0.307 e. The maximum atomic E-state index is 12.2. The molecule has 0 radical (unpaired) electrons. The van der Waals surface area contributed by atoms with Gasteiger partial charge in [-0.15, -0.1) is 0 Å². The number of carbonyl (C=O) groups excluding carboxylic acids is 1. The summed E-state index contributed by atoms with van der Waals surface area (Å²) in [4.78, 5) is 25.9. The molecule has 3 aliphatic carbocycles. The number of hydrogen-bond acceptors (Lipinski definition) is 2. The number of rotatable bonds is 1. The van der Waals surface area contributed by atoms with E-state index in [2.05, 4.69) is 13.8 Å². The number of carboxylic acids is 1. The van der Waals surface area contributed by atoms with Crippen LogP contribution in [0.15, 0.2) is 11.1 Å². The molecule has 1 amide bonds. The fraction of sp³-hybridized carbons (Fsp3) is 0.800. The number of halogens is 1. The lowest BCUT2D eigenvalue weighted by molar-refractivity contribution is -0.152. The summed E-state index contributed by atoms with van der Waals surface area (Å²) in [6.07, 6.45) is 7.46. The standard InChI is InChI=1S/C20H28ClNO3/c1-19-9-8-13-11(12(19)5-6-14(19)18(24)25)4-7-16-20(13,2)15(21)10-17(23)22(16)3/h10-14,16H,4-9H2,1-3H3,(H,24,25)/t11-,12-,13+,14?,16?,19-,20-/m0/s1. The Balaban J connectivity index is 1.71. The van der Waals surface area contributed by atoms with Crippen molar-refractivity contribution in [3.8, 4) is 0 Å². The van der Waals surface area contributed by atoms with E-state index in [-0.39, 0.29) is 28.7 Å². The SMILES string of the molecule is CN1C(=O)C=C(Cl)[C@@]2(C)C1CC[C@@H]1[C@H]2CC[C@]2(C)C(C(=O)O)CC[C@@H]12. The Hall–Kier alpha value is -1.03. The van der Waals surface area contributed by atoms with E-state index in [4.69, 9.17) is 11.6 Å². The summed E-state index contributed by atoms with van der Waals surface area (Å²) in [5.74, 6) is 0.620. The highest BCUT2D eigenvalue weighted by atomic mass is 35.5. The molecule has 0 aromatic carbocycles.